The van der Waals surface area contributed by atoms with Crippen LogP contribution >= 0.6 is 0 Å². The van der Waals surface area contributed by atoms with Crippen molar-refractivity contribution < 1.29 is 4.79 Å². The van der Waals surface area contributed by atoms with Crippen molar-refractivity contribution in [2.75, 3.05) is 0 Å². The molecule has 0 spiro atoms. The molecule has 0 radical (unpaired) electrons. The number of amides is 1. The monoisotopic (exact) mass is 297 g/mol. The smallest absolute Gasteiger partial charge is 0.249 e. The van der Waals surface area contributed by atoms with Crippen LogP contribution in [0.2, 0.25) is 0 Å². The van der Waals surface area contributed by atoms with Crippen molar-refractivity contribution in [2.45, 2.75) is 52.0 Å². The van der Waals surface area contributed by atoms with Gasteiger partial charge in [-0.15, -0.1) is 0 Å². The maximum Gasteiger partial charge on any atom is 0.249 e. The van der Waals surface area contributed by atoms with E-state index in [1.54, 1.807) is 0 Å². The number of hydrogen-bond acceptors (Lipinski definition) is 2. The highest BCUT2D eigenvalue weighted by molar-refractivity contribution is 5.89. The lowest BCUT2D eigenvalue weighted by molar-refractivity contribution is -0.125. The minimum Gasteiger partial charge on any atom is -0.329 e. The van der Waals surface area contributed by atoms with Crippen LogP contribution in [0, 0.1) is 6.92 Å². The number of fused-ring (bicyclic) bond motifs is 1. The molecule has 3 rings (SSSR count). The molecule has 2 aromatic rings. The number of nitrogens with zero attached hydrogens (tertiary/aromatic N) is 2. The van der Waals surface area contributed by atoms with E-state index in [4.69, 9.17) is 0 Å². The molecule has 1 atom stereocenters. The minimum atomic E-state index is -0.259. The van der Waals surface area contributed by atoms with Crippen molar-refractivity contribution in [3.63, 3.8) is 0 Å². The standard InChI is InChI=1S/C18H23N3O/c1-11-9-10-15(17(22)19-11)21-16-13(12(2)20-21)7-6-8-14(16)18(3,4)5/h6-8,15H,1,9-10H2,2-5H3,(H,19,22). The zero-order chi connectivity index (χ0) is 16.1. The summed E-state index contributed by atoms with van der Waals surface area (Å²) in [4.78, 5) is 12.4. The van der Waals surface area contributed by atoms with Crippen LogP contribution in [0.15, 0.2) is 30.5 Å². The summed E-state index contributed by atoms with van der Waals surface area (Å²) < 4.78 is 1.92. The number of rotatable bonds is 1. The molecule has 116 valence electrons. The van der Waals surface area contributed by atoms with Gasteiger partial charge in [0, 0.05) is 11.1 Å². The van der Waals surface area contributed by atoms with Gasteiger partial charge in [-0.2, -0.15) is 5.10 Å². The van der Waals surface area contributed by atoms with E-state index in [1.165, 1.54) is 5.56 Å². The van der Waals surface area contributed by atoms with Gasteiger partial charge in [-0.3, -0.25) is 9.48 Å². The second-order valence-corrected chi connectivity index (χ2v) is 7.13. The van der Waals surface area contributed by atoms with Gasteiger partial charge in [0.1, 0.15) is 6.04 Å². The number of carbonyl (C=O) groups excluding carboxylic acids is 1. The number of benzene rings is 1. The second kappa shape index (κ2) is 4.97. The van der Waals surface area contributed by atoms with Crippen LogP contribution in [0.1, 0.15) is 50.9 Å². The third kappa shape index (κ3) is 2.32. The molecule has 22 heavy (non-hydrogen) atoms. The number of aryl methyl sites for hydroxylation is 1. The first-order valence-corrected chi connectivity index (χ1v) is 7.76. The van der Waals surface area contributed by atoms with E-state index in [-0.39, 0.29) is 17.4 Å². The quantitative estimate of drug-likeness (QED) is 0.874. The molecule has 0 aliphatic carbocycles. The largest absolute Gasteiger partial charge is 0.329 e. The molecular weight excluding hydrogens is 274 g/mol. The highest BCUT2D eigenvalue weighted by Crippen LogP contribution is 2.34. The normalized spacial score (nSPS) is 19.5. The molecule has 2 heterocycles. The number of piperidine rings is 1. The Bertz CT molecular complexity index is 764. The van der Waals surface area contributed by atoms with Gasteiger partial charge in [-0.25, -0.2) is 0 Å². The van der Waals surface area contributed by atoms with Crippen molar-refractivity contribution in [1.82, 2.24) is 15.1 Å². The van der Waals surface area contributed by atoms with Crippen molar-refractivity contribution in [1.29, 1.82) is 0 Å². The number of allylic oxidation sites excluding steroid dienone is 1. The lowest BCUT2D eigenvalue weighted by atomic mass is 9.85. The fraction of sp³-hybridized carbons (Fsp3) is 0.444. The van der Waals surface area contributed by atoms with Gasteiger partial charge in [-0.05, 0) is 30.7 Å². The lowest BCUT2D eigenvalue weighted by Crippen LogP contribution is -2.37. The number of aromatic nitrogens is 2. The predicted molar refractivity (Wildman–Crippen MR) is 88.7 cm³/mol. The number of nitrogens with one attached hydrogen (secondary N) is 1. The fourth-order valence-electron chi connectivity index (χ4n) is 3.17. The summed E-state index contributed by atoms with van der Waals surface area (Å²) in [6.07, 6.45) is 1.55. The van der Waals surface area contributed by atoms with E-state index in [2.05, 4.69) is 56.0 Å². The van der Waals surface area contributed by atoms with E-state index < -0.39 is 0 Å². The van der Waals surface area contributed by atoms with Crippen LogP contribution < -0.4 is 5.32 Å². The highest BCUT2D eigenvalue weighted by Gasteiger charge is 2.30. The molecule has 4 nitrogen and oxygen atoms in total. The van der Waals surface area contributed by atoms with Crippen molar-refractivity contribution >= 4 is 16.8 Å². The van der Waals surface area contributed by atoms with Crippen LogP contribution in [0.25, 0.3) is 10.9 Å². The van der Waals surface area contributed by atoms with Crippen LogP contribution in [-0.4, -0.2) is 15.7 Å². The summed E-state index contributed by atoms with van der Waals surface area (Å²) in [6.45, 7) is 12.4. The molecule has 1 aromatic heterocycles. The van der Waals surface area contributed by atoms with E-state index in [9.17, 15) is 4.79 Å². The van der Waals surface area contributed by atoms with Crippen molar-refractivity contribution in [2.24, 2.45) is 0 Å². The molecular formula is C18H23N3O. The van der Waals surface area contributed by atoms with E-state index in [0.717, 1.165) is 35.1 Å². The molecule has 0 saturated carbocycles. The van der Waals surface area contributed by atoms with Crippen molar-refractivity contribution in [3.05, 3.63) is 41.7 Å². The molecule has 1 amide bonds. The Labute approximate surface area is 131 Å². The van der Waals surface area contributed by atoms with Crippen LogP contribution in [0.5, 0.6) is 0 Å². The Kier molecular flexibility index (Phi) is 3.35. The van der Waals surface area contributed by atoms with Gasteiger partial charge in [0.05, 0.1) is 11.2 Å². The molecule has 1 aliphatic rings. The highest BCUT2D eigenvalue weighted by atomic mass is 16.2. The molecule has 1 fully saturated rings. The van der Waals surface area contributed by atoms with Gasteiger partial charge in [0.2, 0.25) is 5.91 Å². The summed E-state index contributed by atoms with van der Waals surface area (Å²) in [5.41, 5.74) is 4.07. The number of hydrogen-bond donors (Lipinski definition) is 1. The van der Waals surface area contributed by atoms with E-state index in [1.807, 2.05) is 11.6 Å². The number of para-hydroxylation sites is 1. The maximum atomic E-state index is 12.4. The van der Waals surface area contributed by atoms with Gasteiger partial charge in [0.15, 0.2) is 0 Å². The SMILES string of the molecule is C=C1CCC(n2nc(C)c3cccc(C(C)(C)C)c32)C(=O)N1. The van der Waals surface area contributed by atoms with Gasteiger partial charge in [0.25, 0.3) is 0 Å². The number of carbonyl (C=O) groups is 1. The molecule has 1 aliphatic heterocycles. The third-order valence-electron chi connectivity index (χ3n) is 4.34. The molecule has 1 N–H and O–H groups in total. The van der Waals surface area contributed by atoms with Crippen LogP contribution in [0.4, 0.5) is 0 Å². The van der Waals surface area contributed by atoms with Crippen LogP contribution in [-0.2, 0) is 10.2 Å². The summed E-state index contributed by atoms with van der Waals surface area (Å²) in [5.74, 6) is -0.00985. The second-order valence-electron chi connectivity index (χ2n) is 7.13. The van der Waals surface area contributed by atoms with E-state index >= 15 is 0 Å². The molecule has 1 saturated heterocycles. The third-order valence-corrected chi connectivity index (χ3v) is 4.34. The van der Waals surface area contributed by atoms with Gasteiger partial charge >= 0.3 is 0 Å². The first kappa shape index (κ1) is 14.8. The lowest BCUT2D eigenvalue weighted by Gasteiger charge is -2.27. The van der Waals surface area contributed by atoms with E-state index in [0.29, 0.717) is 0 Å². The van der Waals surface area contributed by atoms with Gasteiger partial charge < -0.3 is 5.32 Å². The topological polar surface area (TPSA) is 46.9 Å². The Morgan fingerprint density at radius 1 is 1.36 bits per heavy atom. The van der Waals surface area contributed by atoms with Gasteiger partial charge in [-0.1, -0.05) is 45.5 Å². The Balaban J connectivity index is 2.22. The molecule has 0 bridgehead atoms. The summed E-state index contributed by atoms with van der Waals surface area (Å²) >= 11 is 0. The zero-order valence-corrected chi connectivity index (χ0v) is 13.7. The average molecular weight is 297 g/mol. The molecule has 1 aromatic carbocycles. The Morgan fingerprint density at radius 3 is 2.73 bits per heavy atom. The summed E-state index contributed by atoms with van der Waals surface area (Å²) in [7, 11) is 0. The Hall–Kier alpha value is -2.10. The van der Waals surface area contributed by atoms with Crippen molar-refractivity contribution in [3.8, 4) is 0 Å². The predicted octanol–water partition coefficient (Wildman–Crippen LogP) is 3.61. The average Bonchev–Trinajstić information content (AvgIpc) is 2.75. The maximum absolute atomic E-state index is 12.4. The fourth-order valence-corrected chi connectivity index (χ4v) is 3.17. The van der Waals surface area contributed by atoms with Crippen LogP contribution in [0.3, 0.4) is 0 Å². The summed E-state index contributed by atoms with van der Waals surface area (Å²) in [5, 5.41) is 8.68. The minimum absolute atomic E-state index is 0.00151. The zero-order valence-electron chi connectivity index (χ0n) is 13.7. The Morgan fingerprint density at radius 2 is 2.09 bits per heavy atom. The summed E-state index contributed by atoms with van der Waals surface area (Å²) in [6, 6.07) is 6.04. The molecule has 4 heteroatoms. The molecule has 1 unspecified atom stereocenters. The first-order chi connectivity index (χ1) is 10.3. The first-order valence-electron chi connectivity index (χ1n) is 7.76.